The first-order chi connectivity index (χ1) is 9.88. The zero-order chi connectivity index (χ0) is 15.5. The topological polar surface area (TPSA) is 46.5 Å². The Kier molecular flexibility index (Phi) is 4.29. The van der Waals surface area contributed by atoms with E-state index in [9.17, 15) is 9.90 Å². The number of carbonyl (C=O) groups excluding carboxylic acids is 1. The molecule has 0 fully saturated rings. The molecule has 0 saturated carbocycles. The summed E-state index contributed by atoms with van der Waals surface area (Å²) in [5.74, 6) is 0.129. The normalized spacial score (nSPS) is 11.2. The van der Waals surface area contributed by atoms with Crippen molar-refractivity contribution in [3.05, 3.63) is 54.1 Å². The van der Waals surface area contributed by atoms with Crippen LogP contribution < -0.4 is 0 Å². The van der Waals surface area contributed by atoms with Gasteiger partial charge in [0.1, 0.15) is 12.4 Å². The Balaban J connectivity index is 2.19. The second-order valence-electron chi connectivity index (χ2n) is 5.78. The molecule has 1 amide bonds. The van der Waals surface area contributed by atoms with E-state index in [1.54, 1.807) is 27.2 Å². The van der Waals surface area contributed by atoms with Crippen molar-refractivity contribution < 1.29 is 19.1 Å². The van der Waals surface area contributed by atoms with Crippen LogP contribution in [0.4, 0.5) is 4.79 Å². The highest BCUT2D eigenvalue weighted by molar-refractivity contribution is 5.65. The summed E-state index contributed by atoms with van der Waals surface area (Å²) >= 11 is 0. The first-order valence-electron chi connectivity index (χ1n) is 6.74. The number of aromatic hydroxyl groups is 1. The van der Waals surface area contributed by atoms with Gasteiger partial charge in [-0.2, -0.15) is 4.79 Å². The summed E-state index contributed by atoms with van der Waals surface area (Å²) < 4.78 is 5.32. The van der Waals surface area contributed by atoms with E-state index in [1.165, 1.54) is 0 Å². The second kappa shape index (κ2) is 5.97. The van der Waals surface area contributed by atoms with Crippen LogP contribution in [0.15, 0.2) is 48.5 Å². The van der Waals surface area contributed by atoms with Gasteiger partial charge in [-0.15, -0.1) is 0 Å². The van der Waals surface area contributed by atoms with Crippen molar-refractivity contribution in [2.45, 2.75) is 6.61 Å². The van der Waals surface area contributed by atoms with Gasteiger partial charge in [0.05, 0.1) is 21.1 Å². The Bertz CT molecular complexity index is 630. The van der Waals surface area contributed by atoms with Crippen molar-refractivity contribution in [1.29, 1.82) is 0 Å². The molecule has 0 unspecified atom stereocenters. The zero-order valence-electron chi connectivity index (χ0n) is 12.5. The molecule has 0 aliphatic heterocycles. The Hall–Kier alpha value is -2.33. The molecule has 0 heterocycles. The van der Waals surface area contributed by atoms with Crippen LogP contribution in [-0.4, -0.2) is 36.8 Å². The molecule has 21 heavy (non-hydrogen) atoms. The Morgan fingerprint density at radius 2 is 1.71 bits per heavy atom. The van der Waals surface area contributed by atoms with Gasteiger partial charge >= 0.3 is 6.09 Å². The quantitative estimate of drug-likeness (QED) is 0.880. The van der Waals surface area contributed by atoms with Crippen LogP contribution in [0, 0.1) is 0 Å². The summed E-state index contributed by atoms with van der Waals surface area (Å²) in [6.45, 7) is 0.0564. The monoisotopic (exact) mass is 286 g/mol. The molecular weight excluding hydrogens is 266 g/mol. The van der Waals surface area contributed by atoms with Crippen LogP contribution in [0.3, 0.4) is 0 Å². The minimum atomic E-state index is -0.348. The van der Waals surface area contributed by atoms with Crippen molar-refractivity contribution in [2.24, 2.45) is 0 Å². The molecule has 0 atom stereocenters. The molecule has 0 aromatic heterocycles. The highest BCUT2D eigenvalue weighted by Gasteiger charge is 2.22. The van der Waals surface area contributed by atoms with E-state index in [-0.39, 0.29) is 22.9 Å². The fraction of sp³-hybridized carbons (Fsp3) is 0.235. The Morgan fingerprint density at radius 3 is 2.33 bits per heavy atom. The molecule has 0 aliphatic rings. The molecule has 2 aromatic rings. The van der Waals surface area contributed by atoms with Crippen LogP contribution in [0.5, 0.6) is 5.75 Å². The molecule has 1 N–H and O–H groups in total. The van der Waals surface area contributed by atoms with Crippen LogP contribution in [0.25, 0.3) is 11.1 Å². The number of ether oxygens (including phenoxy) is 1. The first kappa shape index (κ1) is 15.1. The van der Waals surface area contributed by atoms with E-state index in [4.69, 9.17) is 4.74 Å². The van der Waals surface area contributed by atoms with Crippen molar-refractivity contribution >= 4 is 6.09 Å². The second-order valence-corrected chi connectivity index (χ2v) is 5.78. The predicted molar refractivity (Wildman–Crippen MR) is 81.8 cm³/mol. The van der Waals surface area contributed by atoms with Gasteiger partial charge in [0, 0.05) is 5.56 Å². The number of quaternary nitrogens is 1. The maximum Gasteiger partial charge on any atom is 0.515 e. The molecule has 0 spiro atoms. The average molecular weight is 286 g/mol. The smallest absolute Gasteiger partial charge is 0.508 e. The molecule has 2 aromatic carbocycles. The van der Waals surface area contributed by atoms with Gasteiger partial charge in [0.25, 0.3) is 0 Å². The van der Waals surface area contributed by atoms with Crippen molar-refractivity contribution in [2.75, 3.05) is 21.1 Å². The minimum absolute atomic E-state index is 0.0564. The molecule has 4 heteroatoms. The summed E-state index contributed by atoms with van der Waals surface area (Å²) in [5.41, 5.74) is 2.62. The Morgan fingerprint density at radius 1 is 1.05 bits per heavy atom. The number of amides is 1. The lowest BCUT2D eigenvalue weighted by Crippen LogP contribution is -2.41. The molecular formula is C17H20NO3+. The molecule has 4 nitrogen and oxygen atoms in total. The number of rotatable bonds is 3. The van der Waals surface area contributed by atoms with E-state index in [0.29, 0.717) is 5.56 Å². The maximum atomic E-state index is 11.8. The van der Waals surface area contributed by atoms with Gasteiger partial charge in [0.2, 0.25) is 0 Å². The standard InChI is InChI=1S/C17H19NO3/c1-18(2,3)17(20)21-12-15-11-14(9-10-16(15)19)13-7-5-4-6-8-13/h4-11H,12H2,1-3H3/p+1. The zero-order valence-corrected chi connectivity index (χ0v) is 12.5. The molecule has 0 radical (unpaired) electrons. The highest BCUT2D eigenvalue weighted by atomic mass is 16.6. The number of carbonyl (C=O) groups is 1. The highest BCUT2D eigenvalue weighted by Crippen LogP contribution is 2.26. The van der Waals surface area contributed by atoms with Crippen molar-refractivity contribution in [1.82, 2.24) is 0 Å². The van der Waals surface area contributed by atoms with Gasteiger partial charge in [-0.25, -0.2) is 4.48 Å². The number of hydrogen-bond acceptors (Lipinski definition) is 3. The fourth-order valence-electron chi connectivity index (χ4n) is 1.84. The molecule has 2 rings (SSSR count). The van der Waals surface area contributed by atoms with Gasteiger partial charge in [-0.05, 0) is 23.3 Å². The van der Waals surface area contributed by atoms with E-state index in [1.807, 2.05) is 42.5 Å². The third-order valence-electron chi connectivity index (χ3n) is 3.09. The third-order valence-corrected chi connectivity index (χ3v) is 3.09. The van der Waals surface area contributed by atoms with E-state index in [0.717, 1.165) is 11.1 Å². The van der Waals surface area contributed by atoms with E-state index >= 15 is 0 Å². The summed E-state index contributed by atoms with van der Waals surface area (Å²) in [7, 11) is 5.22. The lowest BCUT2D eigenvalue weighted by Gasteiger charge is -2.19. The number of phenolic OH excluding ortho intramolecular Hbond substituents is 1. The van der Waals surface area contributed by atoms with Crippen LogP contribution in [0.1, 0.15) is 5.56 Å². The lowest BCUT2D eigenvalue weighted by atomic mass is 10.0. The summed E-state index contributed by atoms with van der Waals surface area (Å²) in [6.07, 6.45) is -0.348. The van der Waals surface area contributed by atoms with E-state index in [2.05, 4.69) is 0 Å². The van der Waals surface area contributed by atoms with Gasteiger partial charge in [0.15, 0.2) is 0 Å². The van der Waals surface area contributed by atoms with Gasteiger partial charge in [-0.3, -0.25) is 0 Å². The fourth-order valence-corrected chi connectivity index (χ4v) is 1.84. The van der Waals surface area contributed by atoms with Crippen LogP contribution >= 0.6 is 0 Å². The number of nitrogens with zero attached hydrogens (tertiary/aromatic N) is 1. The summed E-state index contributed by atoms with van der Waals surface area (Å²) in [6, 6.07) is 15.2. The van der Waals surface area contributed by atoms with Crippen molar-refractivity contribution in [3.63, 3.8) is 0 Å². The number of benzene rings is 2. The van der Waals surface area contributed by atoms with Crippen molar-refractivity contribution in [3.8, 4) is 16.9 Å². The summed E-state index contributed by atoms with van der Waals surface area (Å²) in [5, 5.41) is 9.90. The molecule has 0 aliphatic carbocycles. The first-order valence-corrected chi connectivity index (χ1v) is 6.74. The molecule has 0 saturated heterocycles. The third kappa shape index (κ3) is 3.83. The molecule has 0 bridgehead atoms. The number of hydrogen-bond donors (Lipinski definition) is 1. The minimum Gasteiger partial charge on any atom is -0.508 e. The maximum absolute atomic E-state index is 11.8. The lowest BCUT2D eigenvalue weighted by molar-refractivity contribution is -0.795. The predicted octanol–water partition coefficient (Wildman–Crippen LogP) is 3.40. The summed E-state index contributed by atoms with van der Waals surface area (Å²) in [4.78, 5) is 11.8. The van der Waals surface area contributed by atoms with Gasteiger partial charge < -0.3 is 9.84 Å². The van der Waals surface area contributed by atoms with Crippen LogP contribution in [0.2, 0.25) is 0 Å². The largest absolute Gasteiger partial charge is 0.515 e. The SMILES string of the molecule is C[N+](C)(C)C(=O)OCc1cc(-c2ccccc2)ccc1O. The van der Waals surface area contributed by atoms with Gasteiger partial charge in [-0.1, -0.05) is 36.4 Å². The molecule has 110 valence electrons. The van der Waals surface area contributed by atoms with Crippen LogP contribution in [-0.2, 0) is 11.3 Å². The van der Waals surface area contributed by atoms with E-state index < -0.39 is 0 Å². The number of phenols is 1. The average Bonchev–Trinajstić information content (AvgIpc) is 2.46. The Labute approximate surface area is 124 Å².